The fourth-order valence-corrected chi connectivity index (χ4v) is 5.22. The summed E-state index contributed by atoms with van der Waals surface area (Å²) >= 11 is 1.08. The van der Waals surface area contributed by atoms with Crippen LogP contribution in [0, 0.1) is 6.92 Å². The van der Waals surface area contributed by atoms with Crippen LogP contribution in [-0.2, 0) is 40.3 Å². The lowest BCUT2D eigenvalue weighted by molar-refractivity contribution is -0.136. The molecule has 1 aliphatic heterocycles. The van der Waals surface area contributed by atoms with E-state index in [-0.39, 0.29) is 36.2 Å². The van der Waals surface area contributed by atoms with E-state index in [0.29, 0.717) is 28.4 Å². The van der Waals surface area contributed by atoms with Gasteiger partial charge in [-0.25, -0.2) is 4.98 Å². The van der Waals surface area contributed by atoms with Crippen LogP contribution in [0.3, 0.4) is 0 Å². The van der Waals surface area contributed by atoms with Crippen LogP contribution in [0.15, 0.2) is 34.9 Å². The number of fused-ring (bicyclic) bond motifs is 2. The number of thiophene rings is 1. The van der Waals surface area contributed by atoms with Gasteiger partial charge in [-0.1, -0.05) is 18.2 Å². The van der Waals surface area contributed by atoms with Gasteiger partial charge in [0, 0.05) is 30.7 Å². The van der Waals surface area contributed by atoms with E-state index in [4.69, 9.17) is 10.8 Å². The number of ketones is 1. The summed E-state index contributed by atoms with van der Waals surface area (Å²) in [5.74, 6) is -2.50. The van der Waals surface area contributed by atoms with Crippen molar-refractivity contribution in [3.63, 3.8) is 0 Å². The molecule has 3 heterocycles. The van der Waals surface area contributed by atoms with Crippen LogP contribution >= 0.6 is 11.3 Å². The average molecular weight is 510 g/mol. The first-order valence-corrected chi connectivity index (χ1v) is 11.8. The predicted octanol–water partition coefficient (Wildman–Crippen LogP) is 0.776. The number of hydrogen-bond acceptors (Lipinski definition) is 9. The number of nitrogens with zero attached hydrogens (tertiary/aromatic N) is 2. The van der Waals surface area contributed by atoms with Crippen LogP contribution in [0.5, 0.6) is 0 Å². The minimum atomic E-state index is -1.01. The highest BCUT2D eigenvalue weighted by atomic mass is 32.1. The SMILES string of the molecule is Cc1c(CC(=O)O)sc2nc(C(=O)NCc3ccc4c(c3)CN(/C=C(\N)C(=O)C=O)CC4)[nH]c(=O)c12. The molecule has 186 valence electrons. The van der Waals surface area contributed by atoms with E-state index >= 15 is 0 Å². The molecule has 0 aliphatic carbocycles. The standard InChI is InChI=1S/C24H23N5O6S/c1-12-18(7-19(32)33)36-24-20(12)22(34)27-21(28-24)23(35)26-8-13-2-3-14-4-5-29(9-15(14)6-13)10-16(25)17(31)11-30/h2-3,6,10-11H,4-5,7-9,25H2,1H3,(H,26,35)(H,32,33)(H,27,28,34)/b16-10-. The number of carbonyl (C=O) groups is 4. The minimum Gasteiger partial charge on any atom is -0.481 e. The molecule has 0 saturated heterocycles. The number of H-pyrrole nitrogens is 1. The fourth-order valence-electron chi connectivity index (χ4n) is 4.05. The van der Waals surface area contributed by atoms with Crippen molar-refractivity contribution in [1.82, 2.24) is 20.2 Å². The summed E-state index contributed by atoms with van der Waals surface area (Å²) in [4.78, 5) is 67.8. The molecule has 1 amide bonds. The van der Waals surface area contributed by atoms with Crippen LogP contribution in [0.2, 0.25) is 0 Å². The van der Waals surface area contributed by atoms with E-state index < -0.39 is 23.2 Å². The smallest absolute Gasteiger partial charge is 0.308 e. The minimum absolute atomic E-state index is 0.119. The van der Waals surface area contributed by atoms with Crippen molar-refractivity contribution in [1.29, 1.82) is 0 Å². The summed E-state index contributed by atoms with van der Waals surface area (Å²) in [6.07, 6.45) is 2.16. The summed E-state index contributed by atoms with van der Waals surface area (Å²) in [7, 11) is 0. The van der Waals surface area contributed by atoms with E-state index in [2.05, 4.69) is 15.3 Å². The van der Waals surface area contributed by atoms with Gasteiger partial charge in [-0.3, -0.25) is 24.0 Å². The molecule has 11 nitrogen and oxygen atoms in total. The maximum atomic E-state index is 12.7. The molecular weight excluding hydrogens is 486 g/mol. The number of nitrogens with one attached hydrogen (secondary N) is 2. The van der Waals surface area contributed by atoms with Crippen molar-refractivity contribution in [3.05, 3.63) is 73.4 Å². The fraction of sp³-hybridized carbons (Fsp3) is 0.250. The molecule has 4 rings (SSSR count). The van der Waals surface area contributed by atoms with Crippen molar-refractivity contribution in [2.75, 3.05) is 6.54 Å². The van der Waals surface area contributed by atoms with Gasteiger partial charge < -0.3 is 26.0 Å². The highest BCUT2D eigenvalue weighted by Gasteiger charge is 2.19. The van der Waals surface area contributed by atoms with E-state index in [1.165, 1.54) is 6.20 Å². The van der Waals surface area contributed by atoms with Gasteiger partial charge in [0.1, 0.15) is 4.83 Å². The third kappa shape index (κ3) is 5.18. The Balaban J connectivity index is 1.47. The highest BCUT2D eigenvalue weighted by molar-refractivity contribution is 7.18. The number of aldehydes is 1. The first kappa shape index (κ1) is 24.8. The largest absolute Gasteiger partial charge is 0.481 e. The first-order valence-electron chi connectivity index (χ1n) is 11.0. The molecule has 0 unspecified atom stereocenters. The van der Waals surface area contributed by atoms with Crippen LogP contribution in [-0.4, -0.2) is 50.5 Å². The van der Waals surface area contributed by atoms with Gasteiger partial charge in [-0.05, 0) is 35.6 Å². The molecule has 5 N–H and O–H groups in total. The van der Waals surface area contributed by atoms with Gasteiger partial charge in [0.05, 0.1) is 17.5 Å². The lowest BCUT2D eigenvalue weighted by Gasteiger charge is -2.28. The van der Waals surface area contributed by atoms with E-state index in [1.807, 2.05) is 23.1 Å². The summed E-state index contributed by atoms with van der Waals surface area (Å²) in [5.41, 5.74) is 8.55. The monoisotopic (exact) mass is 509 g/mol. The Bertz CT molecular complexity index is 1490. The number of aromatic amines is 1. The van der Waals surface area contributed by atoms with Gasteiger partial charge in [-0.15, -0.1) is 11.3 Å². The normalized spacial score (nSPS) is 13.4. The molecule has 1 aliphatic rings. The van der Waals surface area contributed by atoms with E-state index in [9.17, 15) is 24.0 Å². The average Bonchev–Trinajstić information content (AvgIpc) is 3.16. The number of hydrogen-bond donors (Lipinski definition) is 4. The molecule has 0 atom stereocenters. The Morgan fingerprint density at radius 3 is 2.81 bits per heavy atom. The lowest BCUT2D eigenvalue weighted by Crippen LogP contribution is -2.29. The second-order valence-electron chi connectivity index (χ2n) is 8.39. The van der Waals surface area contributed by atoms with Gasteiger partial charge in [0.15, 0.2) is 6.29 Å². The third-order valence-electron chi connectivity index (χ3n) is 5.90. The van der Waals surface area contributed by atoms with Crippen LogP contribution in [0.25, 0.3) is 10.2 Å². The Morgan fingerprint density at radius 2 is 2.08 bits per heavy atom. The number of amides is 1. The lowest BCUT2D eigenvalue weighted by atomic mass is 9.97. The first-order chi connectivity index (χ1) is 17.2. The number of Topliss-reactive ketones (excluding diaryl/α,β-unsaturated/α-hetero) is 1. The topological polar surface area (TPSA) is 176 Å². The summed E-state index contributed by atoms with van der Waals surface area (Å²) in [6.45, 7) is 2.98. The molecule has 2 aromatic heterocycles. The highest BCUT2D eigenvalue weighted by Crippen LogP contribution is 2.27. The molecule has 0 bridgehead atoms. The zero-order chi connectivity index (χ0) is 26.0. The Labute approximate surface area is 208 Å². The number of aromatic nitrogens is 2. The third-order valence-corrected chi connectivity index (χ3v) is 7.09. The molecule has 0 fully saturated rings. The van der Waals surface area contributed by atoms with E-state index in [0.717, 1.165) is 34.4 Å². The second kappa shape index (κ2) is 10.1. The van der Waals surface area contributed by atoms with Crippen molar-refractivity contribution >= 4 is 45.5 Å². The molecule has 0 saturated carbocycles. The van der Waals surface area contributed by atoms with Gasteiger partial charge in [-0.2, -0.15) is 0 Å². The number of carbonyl (C=O) groups excluding carboxylic acids is 3. The Hall–Kier alpha value is -4.32. The summed E-state index contributed by atoms with van der Waals surface area (Å²) in [5, 5.41) is 12.1. The molecule has 36 heavy (non-hydrogen) atoms. The number of aryl methyl sites for hydroxylation is 1. The molecule has 12 heteroatoms. The maximum Gasteiger partial charge on any atom is 0.308 e. The van der Waals surface area contributed by atoms with Crippen LogP contribution in [0.1, 0.15) is 37.7 Å². The van der Waals surface area contributed by atoms with Crippen molar-refractivity contribution < 1.29 is 24.3 Å². The second-order valence-corrected chi connectivity index (χ2v) is 9.47. The summed E-state index contributed by atoms with van der Waals surface area (Å²) in [6, 6.07) is 5.81. The number of allylic oxidation sites excluding steroid dienone is 1. The Kier molecular flexibility index (Phi) is 6.97. The molecule has 3 aromatic rings. The van der Waals surface area contributed by atoms with E-state index in [1.54, 1.807) is 6.92 Å². The number of nitrogens with two attached hydrogens (primary N) is 1. The summed E-state index contributed by atoms with van der Waals surface area (Å²) < 4.78 is 0. The maximum absolute atomic E-state index is 12.7. The van der Waals surface area contributed by atoms with Gasteiger partial charge >= 0.3 is 5.97 Å². The van der Waals surface area contributed by atoms with Crippen molar-refractivity contribution in [2.45, 2.75) is 32.9 Å². The Morgan fingerprint density at radius 1 is 1.31 bits per heavy atom. The van der Waals surface area contributed by atoms with Crippen molar-refractivity contribution in [3.8, 4) is 0 Å². The number of rotatable bonds is 8. The van der Waals surface area contributed by atoms with Gasteiger partial charge in [0.2, 0.25) is 11.6 Å². The zero-order valence-corrected chi connectivity index (χ0v) is 20.1. The predicted molar refractivity (Wildman–Crippen MR) is 131 cm³/mol. The molecule has 1 aromatic carbocycles. The number of aliphatic carboxylic acids is 1. The number of carboxylic acids is 1. The zero-order valence-electron chi connectivity index (χ0n) is 19.3. The number of benzene rings is 1. The number of carboxylic acid groups (broad SMARTS) is 1. The van der Waals surface area contributed by atoms with Crippen LogP contribution in [0.4, 0.5) is 0 Å². The molecule has 0 spiro atoms. The van der Waals surface area contributed by atoms with Gasteiger partial charge in [0.25, 0.3) is 11.5 Å². The van der Waals surface area contributed by atoms with Crippen LogP contribution < -0.4 is 16.6 Å². The quantitative estimate of drug-likeness (QED) is 0.194. The molecule has 0 radical (unpaired) electrons. The van der Waals surface area contributed by atoms with Crippen molar-refractivity contribution in [2.24, 2.45) is 5.73 Å². The molecular formula is C24H23N5O6S.